The summed E-state index contributed by atoms with van der Waals surface area (Å²) in [5.74, 6) is 0. The lowest BCUT2D eigenvalue weighted by Gasteiger charge is -1.98. The van der Waals surface area contributed by atoms with Gasteiger partial charge in [-0.3, -0.25) is 0 Å². The largest absolute Gasteiger partial charge is 0.373 e. The van der Waals surface area contributed by atoms with Crippen molar-refractivity contribution in [1.29, 1.82) is 0 Å². The number of allylic oxidation sites excluding steroid dienone is 1. The van der Waals surface area contributed by atoms with Gasteiger partial charge in [0.05, 0.1) is 24.9 Å². The van der Waals surface area contributed by atoms with E-state index in [9.17, 15) is 0 Å². The van der Waals surface area contributed by atoms with Gasteiger partial charge >= 0.3 is 0 Å². The van der Waals surface area contributed by atoms with Crippen LogP contribution in [-0.4, -0.2) is 24.9 Å². The van der Waals surface area contributed by atoms with E-state index in [0.29, 0.717) is 18.3 Å². The average molecular weight is 294 g/mol. The number of hydrogen-bond acceptors (Lipinski definition) is 2. The van der Waals surface area contributed by atoms with Crippen molar-refractivity contribution in [3.8, 4) is 0 Å². The van der Waals surface area contributed by atoms with Gasteiger partial charge in [0.15, 0.2) is 0 Å². The molecule has 2 saturated heterocycles. The third kappa shape index (κ3) is 8.63. The number of epoxide rings is 2. The zero-order valence-electron chi connectivity index (χ0n) is 13.9. The summed E-state index contributed by atoms with van der Waals surface area (Å²) in [6, 6.07) is 0. The quantitative estimate of drug-likeness (QED) is 0.243. The fourth-order valence-corrected chi connectivity index (χ4v) is 2.98. The normalized spacial score (nSPS) is 27.4. The Hall–Kier alpha value is -0.340. The fourth-order valence-electron chi connectivity index (χ4n) is 2.98. The van der Waals surface area contributed by atoms with Crippen LogP contribution in [0.15, 0.2) is 12.2 Å². The van der Waals surface area contributed by atoms with Crippen molar-refractivity contribution in [2.45, 2.75) is 102 Å². The molecule has 0 radical (unpaired) electrons. The SMILES string of the molecule is CCCCCC1OC1C/C=C\CCCCCCCC1CO1. The molecule has 0 aromatic heterocycles. The van der Waals surface area contributed by atoms with E-state index in [0.717, 1.165) is 13.0 Å². The monoisotopic (exact) mass is 294 g/mol. The molecule has 3 atom stereocenters. The highest BCUT2D eigenvalue weighted by Crippen LogP contribution is 2.30. The smallest absolute Gasteiger partial charge is 0.0876 e. The summed E-state index contributed by atoms with van der Waals surface area (Å²) in [5.41, 5.74) is 0. The van der Waals surface area contributed by atoms with Gasteiger partial charge in [0.1, 0.15) is 0 Å². The molecular formula is C19H34O2. The second kappa shape index (κ2) is 10.4. The Morgan fingerprint density at radius 3 is 2.43 bits per heavy atom. The topological polar surface area (TPSA) is 25.1 Å². The number of rotatable bonds is 14. The van der Waals surface area contributed by atoms with Gasteiger partial charge < -0.3 is 9.47 Å². The van der Waals surface area contributed by atoms with Gasteiger partial charge in [-0.15, -0.1) is 0 Å². The van der Waals surface area contributed by atoms with Crippen molar-refractivity contribution in [3.63, 3.8) is 0 Å². The van der Waals surface area contributed by atoms with Crippen molar-refractivity contribution in [2.24, 2.45) is 0 Å². The van der Waals surface area contributed by atoms with Crippen molar-refractivity contribution in [1.82, 2.24) is 0 Å². The number of hydrogen-bond donors (Lipinski definition) is 0. The molecule has 2 aliphatic rings. The zero-order valence-corrected chi connectivity index (χ0v) is 13.9. The van der Waals surface area contributed by atoms with Crippen molar-refractivity contribution >= 4 is 0 Å². The summed E-state index contributed by atoms with van der Waals surface area (Å²) in [7, 11) is 0. The Morgan fingerprint density at radius 2 is 1.62 bits per heavy atom. The molecule has 122 valence electrons. The van der Waals surface area contributed by atoms with E-state index in [4.69, 9.17) is 9.47 Å². The van der Waals surface area contributed by atoms with Gasteiger partial charge in [0.25, 0.3) is 0 Å². The Balaban J connectivity index is 1.30. The van der Waals surface area contributed by atoms with Crippen molar-refractivity contribution in [2.75, 3.05) is 6.61 Å². The first-order chi connectivity index (χ1) is 10.4. The van der Waals surface area contributed by atoms with E-state index in [1.54, 1.807) is 0 Å². The number of unbranched alkanes of at least 4 members (excludes halogenated alkanes) is 7. The minimum Gasteiger partial charge on any atom is -0.373 e. The molecule has 2 heterocycles. The van der Waals surface area contributed by atoms with E-state index in [1.807, 2.05) is 0 Å². The summed E-state index contributed by atoms with van der Waals surface area (Å²) in [6.07, 6.45) is 22.3. The standard InChI is InChI=1S/C19H34O2/c1-2-3-10-14-18-19(21-18)15-12-9-7-5-4-6-8-11-13-17-16-20-17/h9,12,17-19H,2-8,10-11,13-16H2,1H3/b12-9-. The zero-order chi connectivity index (χ0) is 14.8. The molecule has 0 amide bonds. The van der Waals surface area contributed by atoms with Gasteiger partial charge in [-0.05, 0) is 32.1 Å². The van der Waals surface area contributed by atoms with Crippen LogP contribution in [0.2, 0.25) is 0 Å². The average Bonchev–Trinajstić information content (AvgIpc) is 3.38. The lowest BCUT2D eigenvalue weighted by Crippen LogP contribution is -1.92. The minimum absolute atomic E-state index is 0.544. The van der Waals surface area contributed by atoms with Gasteiger partial charge in [-0.2, -0.15) is 0 Å². The maximum atomic E-state index is 5.70. The highest BCUT2D eigenvalue weighted by molar-refractivity contribution is 4.93. The third-order valence-corrected chi connectivity index (χ3v) is 4.61. The molecule has 21 heavy (non-hydrogen) atoms. The summed E-state index contributed by atoms with van der Waals surface area (Å²) in [4.78, 5) is 0. The van der Waals surface area contributed by atoms with Gasteiger partial charge in [-0.1, -0.05) is 64.0 Å². The van der Waals surface area contributed by atoms with Crippen molar-refractivity contribution in [3.05, 3.63) is 12.2 Å². The van der Waals surface area contributed by atoms with E-state index in [1.165, 1.54) is 70.6 Å². The summed E-state index contributed by atoms with van der Waals surface area (Å²) in [6.45, 7) is 3.28. The van der Waals surface area contributed by atoms with Gasteiger partial charge in [0.2, 0.25) is 0 Å². The first-order valence-electron chi connectivity index (χ1n) is 9.32. The molecule has 0 aliphatic carbocycles. The second-order valence-electron chi connectivity index (χ2n) is 6.72. The Kier molecular flexibility index (Phi) is 8.43. The van der Waals surface area contributed by atoms with Crippen LogP contribution in [0.3, 0.4) is 0 Å². The maximum Gasteiger partial charge on any atom is 0.0876 e. The molecule has 2 heteroatoms. The van der Waals surface area contributed by atoms with Crippen LogP contribution >= 0.6 is 0 Å². The lowest BCUT2D eigenvalue weighted by atomic mass is 10.1. The Bertz CT molecular complexity index is 283. The summed E-state index contributed by atoms with van der Waals surface area (Å²) >= 11 is 0. The molecule has 2 fully saturated rings. The molecule has 0 aromatic carbocycles. The second-order valence-corrected chi connectivity index (χ2v) is 6.72. The Morgan fingerprint density at radius 1 is 0.857 bits per heavy atom. The summed E-state index contributed by atoms with van der Waals surface area (Å²) < 4.78 is 10.9. The molecule has 0 spiro atoms. The van der Waals surface area contributed by atoms with Crippen molar-refractivity contribution < 1.29 is 9.47 Å². The highest BCUT2D eigenvalue weighted by Gasteiger charge is 2.36. The lowest BCUT2D eigenvalue weighted by molar-refractivity contribution is 0.359. The molecule has 2 aliphatic heterocycles. The van der Waals surface area contributed by atoms with Crippen LogP contribution in [0.1, 0.15) is 84.0 Å². The predicted octanol–water partition coefficient (Wildman–Crippen LogP) is 5.41. The molecule has 0 bridgehead atoms. The predicted molar refractivity (Wildman–Crippen MR) is 88.6 cm³/mol. The first-order valence-corrected chi connectivity index (χ1v) is 9.32. The maximum absolute atomic E-state index is 5.70. The van der Waals surface area contributed by atoms with E-state index < -0.39 is 0 Å². The molecule has 2 rings (SSSR count). The third-order valence-electron chi connectivity index (χ3n) is 4.61. The molecular weight excluding hydrogens is 260 g/mol. The fraction of sp³-hybridized carbons (Fsp3) is 0.895. The van der Waals surface area contributed by atoms with E-state index in [2.05, 4.69) is 19.1 Å². The van der Waals surface area contributed by atoms with Crippen LogP contribution in [0.5, 0.6) is 0 Å². The number of ether oxygens (including phenoxy) is 2. The first kappa shape index (κ1) is 17.0. The Labute approximate surface area is 131 Å². The van der Waals surface area contributed by atoms with E-state index in [-0.39, 0.29) is 0 Å². The van der Waals surface area contributed by atoms with Crippen LogP contribution in [0, 0.1) is 0 Å². The highest BCUT2D eigenvalue weighted by atomic mass is 16.6. The summed E-state index contributed by atoms with van der Waals surface area (Å²) in [5, 5.41) is 0. The molecule has 0 N–H and O–H groups in total. The molecule has 0 saturated carbocycles. The van der Waals surface area contributed by atoms with Crippen LogP contribution < -0.4 is 0 Å². The molecule has 3 unspecified atom stereocenters. The molecule has 2 nitrogen and oxygen atoms in total. The van der Waals surface area contributed by atoms with Gasteiger partial charge in [0, 0.05) is 0 Å². The minimum atomic E-state index is 0.544. The van der Waals surface area contributed by atoms with E-state index >= 15 is 0 Å². The molecule has 0 aromatic rings. The van der Waals surface area contributed by atoms with Gasteiger partial charge in [-0.25, -0.2) is 0 Å². The van der Waals surface area contributed by atoms with Crippen LogP contribution in [0.4, 0.5) is 0 Å². The van der Waals surface area contributed by atoms with Crippen LogP contribution in [-0.2, 0) is 9.47 Å². The van der Waals surface area contributed by atoms with Crippen LogP contribution in [0.25, 0.3) is 0 Å².